The van der Waals surface area contributed by atoms with Gasteiger partial charge in [-0.15, -0.1) is 0 Å². The maximum absolute atomic E-state index is 8.80. The number of halogens is 1. The van der Waals surface area contributed by atoms with Crippen molar-refractivity contribution in [3.63, 3.8) is 0 Å². The Morgan fingerprint density at radius 2 is 2.00 bits per heavy atom. The van der Waals surface area contributed by atoms with Gasteiger partial charge in [0, 0.05) is 5.56 Å². The molecular formula is C13H11BrN2O2. The normalized spacial score (nSPS) is 10.4. The number of aromatic nitrogens is 1. The van der Waals surface area contributed by atoms with Crippen molar-refractivity contribution in [2.45, 2.75) is 20.0 Å². The molecule has 0 aliphatic carbocycles. The summed E-state index contributed by atoms with van der Waals surface area (Å²) in [6.07, 6.45) is 0.137. The molecule has 1 aromatic heterocycles. The lowest BCUT2D eigenvalue weighted by molar-refractivity contribution is 0.242. The van der Waals surface area contributed by atoms with E-state index in [9.17, 15) is 0 Å². The Bertz CT molecular complexity index is 582. The zero-order chi connectivity index (χ0) is 13.1. The smallest absolute Gasteiger partial charge is 0.198 e. The van der Waals surface area contributed by atoms with Crippen LogP contribution >= 0.6 is 15.9 Å². The van der Waals surface area contributed by atoms with Crippen LogP contribution < -0.4 is 4.74 Å². The first-order chi connectivity index (χ1) is 8.61. The standard InChI is InChI=1S/C13H11BrN2O2/c1-8(2)17-10-5-3-9(4-6-10)13-12(14)11(7-15)16-18-13/h3-6,8H,1-2H3. The monoisotopic (exact) mass is 306 g/mol. The Morgan fingerprint density at radius 3 is 2.50 bits per heavy atom. The van der Waals surface area contributed by atoms with Crippen LogP contribution in [0.3, 0.4) is 0 Å². The van der Waals surface area contributed by atoms with Crippen LogP contribution in [0.25, 0.3) is 11.3 Å². The quantitative estimate of drug-likeness (QED) is 0.866. The molecule has 4 nitrogen and oxygen atoms in total. The van der Waals surface area contributed by atoms with Gasteiger partial charge in [-0.05, 0) is 54.0 Å². The number of nitrogens with zero attached hydrogens (tertiary/aromatic N) is 2. The van der Waals surface area contributed by atoms with Gasteiger partial charge in [-0.1, -0.05) is 5.16 Å². The molecule has 0 unspecified atom stereocenters. The molecule has 0 saturated carbocycles. The van der Waals surface area contributed by atoms with Crippen LogP contribution in [0.5, 0.6) is 5.75 Å². The summed E-state index contributed by atoms with van der Waals surface area (Å²) in [5.74, 6) is 1.34. The van der Waals surface area contributed by atoms with Crippen molar-refractivity contribution in [2.24, 2.45) is 0 Å². The Labute approximate surface area is 113 Å². The highest BCUT2D eigenvalue weighted by molar-refractivity contribution is 9.10. The van der Waals surface area contributed by atoms with E-state index in [1.54, 1.807) is 0 Å². The number of nitriles is 1. The molecule has 2 rings (SSSR count). The van der Waals surface area contributed by atoms with Crippen LogP contribution in [0, 0.1) is 11.3 Å². The molecule has 2 aromatic rings. The van der Waals surface area contributed by atoms with E-state index in [0.29, 0.717) is 10.2 Å². The van der Waals surface area contributed by atoms with Crippen LogP contribution in [0.1, 0.15) is 19.5 Å². The van der Waals surface area contributed by atoms with Gasteiger partial charge in [-0.3, -0.25) is 0 Å². The molecule has 1 heterocycles. The van der Waals surface area contributed by atoms with Gasteiger partial charge >= 0.3 is 0 Å². The van der Waals surface area contributed by atoms with Gasteiger partial charge in [0.05, 0.1) is 6.10 Å². The third-order valence-electron chi connectivity index (χ3n) is 2.23. The number of hydrogen-bond donors (Lipinski definition) is 0. The van der Waals surface area contributed by atoms with Gasteiger partial charge in [0.25, 0.3) is 0 Å². The summed E-state index contributed by atoms with van der Waals surface area (Å²) in [6, 6.07) is 9.39. The van der Waals surface area contributed by atoms with E-state index in [2.05, 4.69) is 21.1 Å². The highest BCUT2D eigenvalue weighted by Gasteiger charge is 2.14. The Hall–Kier alpha value is -1.80. The first kappa shape index (κ1) is 12.7. The van der Waals surface area contributed by atoms with Crippen molar-refractivity contribution in [1.29, 1.82) is 5.26 Å². The fourth-order valence-electron chi connectivity index (χ4n) is 1.48. The molecule has 0 bridgehead atoms. The second-order valence-corrected chi connectivity index (χ2v) is 4.77. The van der Waals surface area contributed by atoms with Crippen LogP contribution in [-0.4, -0.2) is 11.3 Å². The third kappa shape index (κ3) is 2.54. The fraction of sp³-hybridized carbons (Fsp3) is 0.231. The fourth-order valence-corrected chi connectivity index (χ4v) is 1.95. The number of hydrogen-bond acceptors (Lipinski definition) is 4. The summed E-state index contributed by atoms with van der Waals surface area (Å²) in [5.41, 5.74) is 1.08. The van der Waals surface area contributed by atoms with Gasteiger partial charge in [-0.25, -0.2) is 0 Å². The summed E-state index contributed by atoms with van der Waals surface area (Å²) in [5, 5.41) is 12.5. The lowest BCUT2D eigenvalue weighted by atomic mass is 10.1. The minimum Gasteiger partial charge on any atom is -0.491 e. The van der Waals surface area contributed by atoms with E-state index in [-0.39, 0.29) is 11.8 Å². The average molecular weight is 307 g/mol. The predicted molar refractivity (Wildman–Crippen MR) is 70.1 cm³/mol. The summed E-state index contributed by atoms with van der Waals surface area (Å²) in [4.78, 5) is 0. The molecule has 0 aliphatic rings. The first-order valence-electron chi connectivity index (χ1n) is 5.44. The maximum atomic E-state index is 8.80. The molecule has 0 spiro atoms. The molecule has 5 heteroatoms. The van der Waals surface area contributed by atoms with Gasteiger partial charge in [-0.2, -0.15) is 5.26 Å². The van der Waals surface area contributed by atoms with Crippen molar-refractivity contribution in [3.8, 4) is 23.1 Å². The zero-order valence-electron chi connectivity index (χ0n) is 9.98. The lowest BCUT2D eigenvalue weighted by Crippen LogP contribution is -2.05. The molecular weight excluding hydrogens is 296 g/mol. The second kappa shape index (κ2) is 5.23. The van der Waals surface area contributed by atoms with E-state index < -0.39 is 0 Å². The van der Waals surface area contributed by atoms with E-state index >= 15 is 0 Å². The van der Waals surface area contributed by atoms with E-state index in [1.165, 1.54) is 0 Å². The van der Waals surface area contributed by atoms with Crippen LogP contribution in [-0.2, 0) is 0 Å². The van der Waals surface area contributed by atoms with Gasteiger partial charge in [0.15, 0.2) is 11.5 Å². The minimum atomic E-state index is 0.137. The minimum absolute atomic E-state index is 0.137. The van der Waals surface area contributed by atoms with Crippen LogP contribution in [0.4, 0.5) is 0 Å². The van der Waals surface area contributed by atoms with Crippen molar-refractivity contribution in [3.05, 3.63) is 34.4 Å². The molecule has 1 aromatic carbocycles. The summed E-state index contributed by atoms with van der Waals surface area (Å²) < 4.78 is 11.3. The Balaban J connectivity index is 2.29. The molecule has 0 fully saturated rings. The molecule has 0 aliphatic heterocycles. The Morgan fingerprint density at radius 1 is 1.33 bits per heavy atom. The highest BCUT2D eigenvalue weighted by atomic mass is 79.9. The number of rotatable bonds is 3. The predicted octanol–water partition coefficient (Wildman–Crippen LogP) is 3.76. The first-order valence-corrected chi connectivity index (χ1v) is 6.23. The van der Waals surface area contributed by atoms with Crippen molar-refractivity contribution in [2.75, 3.05) is 0 Å². The van der Waals surface area contributed by atoms with E-state index in [1.807, 2.05) is 44.2 Å². The van der Waals surface area contributed by atoms with Gasteiger partial charge < -0.3 is 9.26 Å². The molecule has 0 N–H and O–H groups in total. The van der Waals surface area contributed by atoms with Crippen molar-refractivity contribution >= 4 is 15.9 Å². The second-order valence-electron chi connectivity index (χ2n) is 3.98. The largest absolute Gasteiger partial charge is 0.491 e. The molecule has 92 valence electrons. The third-order valence-corrected chi connectivity index (χ3v) is 2.97. The highest BCUT2D eigenvalue weighted by Crippen LogP contribution is 2.31. The summed E-state index contributed by atoms with van der Waals surface area (Å²) in [7, 11) is 0. The van der Waals surface area contributed by atoms with E-state index in [4.69, 9.17) is 14.5 Å². The van der Waals surface area contributed by atoms with E-state index in [0.717, 1.165) is 11.3 Å². The lowest BCUT2D eigenvalue weighted by Gasteiger charge is -2.09. The Kier molecular flexibility index (Phi) is 3.68. The average Bonchev–Trinajstić information content (AvgIpc) is 2.71. The molecule has 0 amide bonds. The van der Waals surface area contributed by atoms with Gasteiger partial charge in [0.2, 0.25) is 0 Å². The molecule has 18 heavy (non-hydrogen) atoms. The maximum Gasteiger partial charge on any atom is 0.198 e. The van der Waals surface area contributed by atoms with Crippen molar-refractivity contribution in [1.82, 2.24) is 5.16 Å². The van der Waals surface area contributed by atoms with Crippen molar-refractivity contribution < 1.29 is 9.26 Å². The van der Waals surface area contributed by atoms with Crippen LogP contribution in [0.2, 0.25) is 0 Å². The van der Waals surface area contributed by atoms with Gasteiger partial charge in [0.1, 0.15) is 16.3 Å². The SMILES string of the molecule is CC(C)Oc1ccc(-c2onc(C#N)c2Br)cc1. The number of ether oxygens (including phenoxy) is 1. The molecule has 0 radical (unpaired) electrons. The topological polar surface area (TPSA) is 59.1 Å². The number of benzene rings is 1. The molecule has 0 saturated heterocycles. The summed E-state index contributed by atoms with van der Waals surface area (Å²) >= 11 is 3.30. The summed E-state index contributed by atoms with van der Waals surface area (Å²) in [6.45, 7) is 3.94. The van der Waals surface area contributed by atoms with Crippen LogP contribution in [0.15, 0.2) is 33.3 Å². The molecule has 0 atom stereocenters. The zero-order valence-corrected chi connectivity index (χ0v) is 11.6.